The van der Waals surface area contributed by atoms with Crippen molar-refractivity contribution in [2.24, 2.45) is 0 Å². The van der Waals surface area contributed by atoms with Crippen molar-refractivity contribution in [1.29, 1.82) is 0 Å². The van der Waals surface area contributed by atoms with E-state index in [9.17, 15) is 0 Å². The van der Waals surface area contributed by atoms with Crippen LogP contribution in [0, 0.1) is 0 Å². The van der Waals surface area contributed by atoms with Crippen LogP contribution >= 0.6 is 23.2 Å². The zero-order chi connectivity index (χ0) is 14.1. The van der Waals surface area contributed by atoms with Gasteiger partial charge in [0.2, 0.25) is 16.5 Å². The molecule has 8 heteroatoms. The van der Waals surface area contributed by atoms with Gasteiger partial charge in [-0.3, -0.25) is 0 Å². The molecule has 1 rings (SSSR count). The topological polar surface area (TPSA) is 60.4 Å². The molecule has 0 bridgehead atoms. The second-order valence-electron chi connectivity index (χ2n) is 3.55. The van der Waals surface area contributed by atoms with E-state index >= 15 is 0 Å². The minimum absolute atomic E-state index is 0.0767. The third kappa shape index (κ3) is 6.33. The Balaban J connectivity index is 2.69. The Morgan fingerprint density at radius 2 is 1.37 bits per heavy atom. The molecule has 0 fully saturated rings. The normalized spacial score (nSPS) is 10.7. The summed E-state index contributed by atoms with van der Waals surface area (Å²) in [5, 5.41) is 0.153. The van der Waals surface area contributed by atoms with Crippen LogP contribution in [-0.2, 0) is 9.47 Å². The van der Waals surface area contributed by atoms with Crippen molar-refractivity contribution < 1.29 is 9.47 Å². The van der Waals surface area contributed by atoms with E-state index in [0.717, 1.165) is 0 Å². The van der Waals surface area contributed by atoms with Crippen molar-refractivity contribution in [3.8, 4) is 0 Å². The molecule has 0 N–H and O–H groups in total. The average Bonchev–Trinajstić information content (AvgIpc) is 2.36. The lowest BCUT2D eigenvalue weighted by Crippen LogP contribution is -2.32. The highest BCUT2D eigenvalue weighted by molar-refractivity contribution is 6.31. The number of nitrogens with zero attached hydrogens (tertiary/aromatic N) is 4. The SMILES string of the molecule is CCOCCN(CCOCC)c1nc(Cl)nc(Cl)n1. The molecule has 0 aliphatic carbocycles. The van der Waals surface area contributed by atoms with Gasteiger partial charge < -0.3 is 14.4 Å². The molecule has 0 unspecified atom stereocenters. The highest BCUT2D eigenvalue weighted by Crippen LogP contribution is 2.13. The van der Waals surface area contributed by atoms with E-state index in [4.69, 9.17) is 32.7 Å². The summed E-state index contributed by atoms with van der Waals surface area (Å²) >= 11 is 11.6. The Morgan fingerprint density at radius 1 is 0.895 bits per heavy atom. The van der Waals surface area contributed by atoms with E-state index in [0.29, 0.717) is 45.5 Å². The van der Waals surface area contributed by atoms with Crippen LogP contribution in [0.3, 0.4) is 0 Å². The molecule has 0 amide bonds. The summed E-state index contributed by atoms with van der Waals surface area (Å²) in [6, 6.07) is 0. The van der Waals surface area contributed by atoms with Gasteiger partial charge in [0.05, 0.1) is 13.2 Å². The number of hydrogen-bond donors (Lipinski definition) is 0. The lowest BCUT2D eigenvalue weighted by Gasteiger charge is -2.22. The van der Waals surface area contributed by atoms with Crippen molar-refractivity contribution in [2.75, 3.05) is 44.4 Å². The van der Waals surface area contributed by atoms with Crippen LogP contribution in [0.1, 0.15) is 13.8 Å². The summed E-state index contributed by atoms with van der Waals surface area (Å²) in [4.78, 5) is 13.8. The first-order valence-corrected chi connectivity index (χ1v) is 6.90. The molecule has 19 heavy (non-hydrogen) atoms. The molecule has 0 atom stereocenters. The lowest BCUT2D eigenvalue weighted by atomic mass is 10.5. The van der Waals surface area contributed by atoms with Crippen LogP contribution in [0.4, 0.5) is 5.95 Å². The van der Waals surface area contributed by atoms with Gasteiger partial charge in [0.15, 0.2) is 0 Å². The Bertz CT molecular complexity index is 351. The third-order valence-corrected chi connectivity index (χ3v) is 2.61. The third-order valence-electron chi connectivity index (χ3n) is 2.27. The molecule has 0 spiro atoms. The van der Waals surface area contributed by atoms with E-state index in [-0.39, 0.29) is 10.6 Å². The van der Waals surface area contributed by atoms with Gasteiger partial charge in [-0.05, 0) is 37.0 Å². The first-order chi connectivity index (χ1) is 9.17. The van der Waals surface area contributed by atoms with E-state index in [1.165, 1.54) is 0 Å². The maximum atomic E-state index is 5.78. The molecule has 0 saturated carbocycles. The Kier molecular flexibility index (Phi) is 7.97. The molecular weight excluding hydrogens is 291 g/mol. The molecule has 108 valence electrons. The van der Waals surface area contributed by atoms with Crippen LogP contribution < -0.4 is 4.90 Å². The highest BCUT2D eigenvalue weighted by Gasteiger charge is 2.12. The fraction of sp³-hybridized carbons (Fsp3) is 0.727. The van der Waals surface area contributed by atoms with Gasteiger partial charge in [-0.2, -0.15) is 15.0 Å². The number of ether oxygens (including phenoxy) is 2. The standard InChI is InChI=1S/C11H18Cl2N4O2/c1-3-18-7-5-17(6-8-19-4-2)11-15-9(12)14-10(13)16-11/h3-8H2,1-2H3. The van der Waals surface area contributed by atoms with Gasteiger partial charge in [0.1, 0.15) is 0 Å². The highest BCUT2D eigenvalue weighted by atomic mass is 35.5. The van der Waals surface area contributed by atoms with Gasteiger partial charge in [-0.25, -0.2) is 0 Å². The van der Waals surface area contributed by atoms with Crippen molar-refractivity contribution in [2.45, 2.75) is 13.8 Å². The van der Waals surface area contributed by atoms with E-state index in [2.05, 4.69) is 15.0 Å². The van der Waals surface area contributed by atoms with E-state index in [1.54, 1.807) is 0 Å². The van der Waals surface area contributed by atoms with Crippen LogP contribution in [0.5, 0.6) is 0 Å². The van der Waals surface area contributed by atoms with Gasteiger partial charge in [0, 0.05) is 26.3 Å². The lowest BCUT2D eigenvalue weighted by molar-refractivity contribution is 0.141. The van der Waals surface area contributed by atoms with Crippen molar-refractivity contribution in [1.82, 2.24) is 15.0 Å². The Hall–Kier alpha value is -0.690. The van der Waals surface area contributed by atoms with E-state index < -0.39 is 0 Å². The smallest absolute Gasteiger partial charge is 0.231 e. The number of halogens is 2. The van der Waals surface area contributed by atoms with Crippen LogP contribution in [0.2, 0.25) is 10.6 Å². The number of anilines is 1. The Morgan fingerprint density at radius 3 is 1.79 bits per heavy atom. The maximum Gasteiger partial charge on any atom is 0.231 e. The zero-order valence-corrected chi connectivity index (χ0v) is 12.6. The van der Waals surface area contributed by atoms with Crippen molar-refractivity contribution >= 4 is 29.2 Å². The van der Waals surface area contributed by atoms with Crippen LogP contribution in [0.15, 0.2) is 0 Å². The molecular formula is C11H18Cl2N4O2. The summed E-state index contributed by atoms with van der Waals surface area (Å²) in [5.41, 5.74) is 0. The number of rotatable bonds is 9. The molecule has 0 aromatic carbocycles. The molecule has 0 saturated heterocycles. The number of hydrogen-bond acceptors (Lipinski definition) is 6. The summed E-state index contributed by atoms with van der Waals surface area (Å²) in [6.07, 6.45) is 0. The van der Waals surface area contributed by atoms with Gasteiger partial charge in [-0.1, -0.05) is 0 Å². The largest absolute Gasteiger partial charge is 0.380 e. The summed E-state index contributed by atoms with van der Waals surface area (Å²) in [6.45, 7) is 7.64. The summed E-state index contributed by atoms with van der Waals surface area (Å²) in [7, 11) is 0. The molecule has 0 aliphatic heterocycles. The molecule has 1 aromatic rings. The number of aromatic nitrogens is 3. The fourth-order valence-corrected chi connectivity index (χ4v) is 1.76. The second-order valence-corrected chi connectivity index (χ2v) is 4.23. The first-order valence-electron chi connectivity index (χ1n) is 6.14. The fourth-order valence-electron chi connectivity index (χ4n) is 1.41. The Labute approximate surface area is 123 Å². The molecule has 1 heterocycles. The van der Waals surface area contributed by atoms with Gasteiger partial charge >= 0.3 is 0 Å². The van der Waals surface area contributed by atoms with Crippen LogP contribution in [-0.4, -0.2) is 54.5 Å². The molecule has 0 radical (unpaired) electrons. The summed E-state index contributed by atoms with van der Waals surface area (Å²) < 4.78 is 10.7. The van der Waals surface area contributed by atoms with Crippen molar-refractivity contribution in [3.05, 3.63) is 10.6 Å². The summed E-state index contributed by atoms with van der Waals surface area (Å²) in [5.74, 6) is 0.435. The quantitative estimate of drug-likeness (QED) is 0.651. The predicted molar refractivity (Wildman–Crippen MR) is 75.0 cm³/mol. The zero-order valence-electron chi connectivity index (χ0n) is 11.1. The molecule has 0 aliphatic rings. The van der Waals surface area contributed by atoms with Gasteiger partial charge in [-0.15, -0.1) is 0 Å². The monoisotopic (exact) mass is 308 g/mol. The molecule has 6 nitrogen and oxygen atoms in total. The average molecular weight is 309 g/mol. The van der Waals surface area contributed by atoms with Crippen LogP contribution in [0.25, 0.3) is 0 Å². The van der Waals surface area contributed by atoms with Gasteiger partial charge in [0.25, 0.3) is 0 Å². The minimum atomic E-state index is 0.0767. The predicted octanol–water partition coefficient (Wildman–Crippen LogP) is 2.06. The second kappa shape index (κ2) is 9.25. The minimum Gasteiger partial charge on any atom is -0.380 e. The first kappa shape index (κ1) is 16.4. The van der Waals surface area contributed by atoms with E-state index in [1.807, 2.05) is 18.7 Å². The molecule has 1 aromatic heterocycles. The maximum absolute atomic E-state index is 5.78. The van der Waals surface area contributed by atoms with Crippen molar-refractivity contribution in [3.63, 3.8) is 0 Å².